The van der Waals surface area contributed by atoms with E-state index in [-0.39, 0.29) is 29.3 Å². The van der Waals surface area contributed by atoms with Gasteiger partial charge in [0.05, 0.1) is 29.8 Å². The van der Waals surface area contributed by atoms with Crippen molar-refractivity contribution in [3.63, 3.8) is 0 Å². The standard InChI is InChI=1S/C31H21F3I2N4O3/c1-18-7-2-4-11-25(18)38-27(41)17-43-28-23(35)13-19(14-24(28)36)16-37-40-29(20-8-6-9-21(15-20)31(32,33)34)39-26-12-5-3-10-22(26)30(40)42/h2-16H,17H2,1H3,(H,38,41). The molecule has 1 aromatic heterocycles. The zero-order valence-corrected chi connectivity index (χ0v) is 26.6. The van der Waals surface area contributed by atoms with E-state index < -0.39 is 17.3 Å². The molecule has 0 saturated carbocycles. The van der Waals surface area contributed by atoms with Gasteiger partial charge in [-0.2, -0.15) is 22.9 Å². The van der Waals surface area contributed by atoms with Gasteiger partial charge in [0.25, 0.3) is 11.5 Å². The monoisotopic (exact) mass is 808 g/mol. The van der Waals surface area contributed by atoms with Crippen molar-refractivity contribution in [1.29, 1.82) is 0 Å². The number of benzene rings is 4. The summed E-state index contributed by atoms with van der Waals surface area (Å²) in [6.07, 6.45) is -3.15. The van der Waals surface area contributed by atoms with Gasteiger partial charge in [0.2, 0.25) is 0 Å². The van der Waals surface area contributed by atoms with Gasteiger partial charge in [-0.15, -0.1) is 0 Å². The Kier molecular flexibility index (Phi) is 9.15. The topological polar surface area (TPSA) is 85.6 Å². The number of carbonyl (C=O) groups excluding carboxylic acids is 1. The summed E-state index contributed by atoms with van der Waals surface area (Å²) in [4.78, 5) is 30.4. The molecule has 0 atom stereocenters. The Hall–Kier alpha value is -3.79. The predicted octanol–water partition coefficient (Wildman–Crippen LogP) is 7.50. The maximum Gasteiger partial charge on any atom is 0.416 e. The first kappa shape index (κ1) is 30.7. The van der Waals surface area contributed by atoms with Gasteiger partial charge in [-0.1, -0.05) is 42.5 Å². The maximum absolute atomic E-state index is 13.5. The molecule has 0 spiro atoms. The van der Waals surface area contributed by atoms with Crippen LogP contribution in [0.15, 0.2) is 94.8 Å². The van der Waals surface area contributed by atoms with Crippen LogP contribution in [0.2, 0.25) is 0 Å². The van der Waals surface area contributed by atoms with Crippen LogP contribution in [-0.4, -0.2) is 28.4 Å². The molecule has 7 nitrogen and oxygen atoms in total. The largest absolute Gasteiger partial charge is 0.482 e. The van der Waals surface area contributed by atoms with E-state index in [1.165, 1.54) is 18.3 Å². The molecule has 1 heterocycles. The molecule has 0 unspecified atom stereocenters. The Balaban J connectivity index is 1.45. The number of halogens is 5. The van der Waals surface area contributed by atoms with Crippen molar-refractivity contribution >= 4 is 73.9 Å². The zero-order valence-electron chi connectivity index (χ0n) is 22.3. The molecular formula is C31H21F3I2N4O3. The summed E-state index contributed by atoms with van der Waals surface area (Å²) in [6, 6.07) is 22.1. The molecule has 12 heteroatoms. The molecule has 43 heavy (non-hydrogen) atoms. The number of hydrogen-bond acceptors (Lipinski definition) is 5. The van der Waals surface area contributed by atoms with Crippen LogP contribution in [-0.2, 0) is 11.0 Å². The van der Waals surface area contributed by atoms with Gasteiger partial charge in [-0.25, -0.2) is 4.98 Å². The van der Waals surface area contributed by atoms with Crippen LogP contribution in [0.1, 0.15) is 16.7 Å². The number of amides is 1. The number of carbonyl (C=O) groups is 1. The van der Waals surface area contributed by atoms with Crippen molar-refractivity contribution in [3.8, 4) is 17.1 Å². The van der Waals surface area contributed by atoms with Crippen LogP contribution < -0.4 is 15.6 Å². The minimum atomic E-state index is -4.57. The summed E-state index contributed by atoms with van der Waals surface area (Å²) >= 11 is 4.15. The molecule has 0 aliphatic heterocycles. The predicted molar refractivity (Wildman–Crippen MR) is 177 cm³/mol. The van der Waals surface area contributed by atoms with Crippen LogP contribution in [0.3, 0.4) is 0 Å². The van der Waals surface area contributed by atoms with Crippen LogP contribution in [0.5, 0.6) is 5.75 Å². The molecule has 0 saturated heterocycles. The molecular weight excluding hydrogens is 787 g/mol. The number of ether oxygens (including phenoxy) is 1. The van der Waals surface area contributed by atoms with Crippen molar-refractivity contribution in [2.45, 2.75) is 13.1 Å². The van der Waals surface area contributed by atoms with E-state index in [0.29, 0.717) is 29.7 Å². The summed E-state index contributed by atoms with van der Waals surface area (Å²) in [5.41, 5.74) is 1.26. The first-order valence-corrected chi connectivity index (χ1v) is 14.9. The second kappa shape index (κ2) is 12.8. The molecule has 0 bridgehead atoms. The lowest BCUT2D eigenvalue weighted by atomic mass is 10.1. The van der Waals surface area contributed by atoms with Crippen molar-refractivity contribution in [1.82, 2.24) is 9.66 Å². The normalized spacial score (nSPS) is 11.7. The quantitative estimate of drug-likeness (QED) is 0.137. The minimum absolute atomic E-state index is 0.0323. The number of anilines is 1. The second-order valence-corrected chi connectivity index (χ2v) is 11.7. The van der Waals surface area contributed by atoms with E-state index in [1.54, 1.807) is 36.4 Å². The van der Waals surface area contributed by atoms with Crippen molar-refractivity contribution in [2.75, 3.05) is 11.9 Å². The lowest BCUT2D eigenvalue weighted by Crippen LogP contribution is -2.21. The van der Waals surface area contributed by atoms with Gasteiger partial charge < -0.3 is 10.1 Å². The van der Waals surface area contributed by atoms with Crippen LogP contribution in [0.4, 0.5) is 18.9 Å². The summed E-state index contributed by atoms with van der Waals surface area (Å²) in [5.74, 6) is 0.166. The number of aromatic nitrogens is 2. The number of rotatable bonds is 7. The first-order chi connectivity index (χ1) is 20.5. The molecule has 1 amide bonds. The summed E-state index contributed by atoms with van der Waals surface area (Å²) in [6.45, 7) is 1.69. The van der Waals surface area contributed by atoms with Gasteiger partial charge in [-0.3, -0.25) is 9.59 Å². The van der Waals surface area contributed by atoms with E-state index in [4.69, 9.17) is 4.74 Å². The van der Waals surface area contributed by atoms with E-state index in [0.717, 1.165) is 22.4 Å². The fourth-order valence-electron chi connectivity index (χ4n) is 4.21. The molecule has 1 N–H and O–H groups in total. The molecule has 0 fully saturated rings. The maximum atomic E-state index is 13.5. The molecule has 0 aliphatic rings. The molecule has 5 aromatic rings. The third-order valence-corrected chi connectivity index (χ3v) is 7.91. The molecule has 0 radical (unpaired) electrons. The fraction of sp³-hybridized carbons (Fsp3) is 0.0968. The molecule has 5 rings (SSSR count). The van der Waals surface area contributed by atoms with Crippen LogP contribution in [0.25, 0.3) is 22.3 Å². The Morgan fingerprint density at radius 1 is 1.00 bits per heavy atom. The second-order valence-electron chi connectivity index (χ2n) is 9.36. The molecule has 4 aromatic carbocycles. The van der Waals surface area contributed by atoms with Crippen molar-refractivity contribution in [2.24, 2.45) is 5.10 Å². The fourth-order valence-corrected chi connectivity index (χ4v) is 6.33. The van der Waals surface area contributed by atoms with Gasteiger partial charge in [-0.05, 0) is 106 Å². The Bertz CT molecular complexity index is 1920. The van der Waals surface area contributed by atoms with Crippen LogP contribution in [0, 0.1) is 14.1 Å². The van der Waals surface area contributed by atoms with E-state index >= 15 is 0 Å². The van der Waals surface area contributed by atoms with E-state index in [2.05, 4.69) is 60.6 Å². The van der Waals surface area contributed by atoms with E-state index in [9.17, 15) is 22.8 Å². The zero-order chi connectivity index (χ0) is 30.7. The highest BCUT2D eigenvalue weighted by molar-refractivity contribution is 14.1. The Labute approximate surface area is 271 Å². The summed E-state index contributed by atoms with van der Waals surface area (Å²) < 4.78 is 48.6. The SMILES string of the molecule is Cc1ccccc1NC(=O)COc1c(I)cc(C=Nn2c(-c3cccc(C(F)(F)F)c3)nc3ccccc3c2=O)cc1I. The lowest BCUT2D eigenvalue weighted by Gasteiger charge is -2.13. The number of hydrogen-bond donors (Lipinski definition) is 1. The average molecular weight is 808 g/mol. The number of nitrogens with one attached hydrogen (secondary N) is 1. The summed E-state index contributed by atoms with van der Waals surface area (Å²) in [5, 5.41) is 7.46. The van der Waals surface area contributed by atoms with E-state index in [1.807, 2.05) is 31.2 Å². The number of para-hydroxylation sites is 2. The van der Waals surface area contributed by atoms with Crippen molar-refractivity contribution in [3.05, 3.63) is 119 Å². The van der Waals surface area contributed by atoms with Gasteiger partial charge in [0.15, 0.2) is 12.4 Å². The molecule has 0 aliphatic carbocycles. The number of aryl methyl sites for hydroxylation is 1. The van der Waals surface area contributed by atoms with Gasteiger partial charge in [0, 0.05) is 11.3 Å². The Morgan fingerprint density at radius 3 is 2.42 bits per heavy atom. The van der Waals surface area contributed by atoms with Gasteiger partial charge >= 0.3 is 6.18 Å². The average Bonchev–Trinajstić information content (AvgIpc) is 2.97. The highest BCUT2D eigenvalue weighted by Gasteiger charge is 2.31. The summed E-state index contributed by atoms with van der Waals surface area (Å²) in [7, 11) is 0. The highest BCUT2D eigenvalue weighted by Crippen LogP contribution is 2.32. The number of alkyl halides is 3. The molecule has 218 valence electrons. The third kappa shape index (κ3) is 7.06. The lowest BCUT2D eigenvalue weighted by molar-refractivity contribution is -0.137. The van der Waals surface area contributed by atoms with Gasteiger partial charge in [0.1, 0.15) is 5.75 Å². The van der Waals surface area contributed by atoms with Crippen molar-refractivity contribution < 1.29 is 22.7 Å². The number of nitrogens with zero attached hydrogens (tertiary/aromatic N) is 3. The Morgan fingerprint density at radius 2 is 1.70 bits per heavy atom. The minimum Gasteiger partial charge on any atom is -0.482 e. The van der Waals surface area contributed by atoms with Crippen LogP contribution >= 0.6 is 45.2 Å². The third-order valence-electron chi connectivity index (χ3n) is 6.31. The highest BCUT2D eigenvalue weighted by atomic mass is 127. The number of fused-ring (bicyclic) bond motifs is 1. The first-order valence-electron chi connectivity index (χ1n) is 12.7. The smallest absolute Gasteiger partial charge is 0.416 e.